The van der Waals surface area contributed by atoms with E-state index in [-0.39, 0.29) is 12.2 Å². The molecule has 2 N–H and O–H groups in total. The third-order valence-electron chi connectivity index (χ3n) is 2.60. The van der Waals surface area contributed by atoms with Crippen LogP contribution in [0.4, 0.5) is 5.69 Å². The number of anilines is 1. The number of nitrogens with zero attached hydrogens (tertiary/aromatic N) is 1. The van der Waals surface area contributed by atoms with Gasteiger partial charge in [-0.3, -0.25) is 4.72 Å². The number of nitriles is 1. The van der Waals surface area contributed by atoms with Gasteiger partial charge in [-0.1, -0.05) is 25.5 Å². The van der Waals surface area contributed by atoms with Crippen LogP contribution in [-0.2, 0) is 10.0 Å². The number of aliphatic hydroxyl groups excluding tert-OH is 1. The third-order valence-corrected chi connectivity index (χ3v) is 3.97. The zero-order valence-electron chi connectivity index (χ0n) is 10.8. The van der Waals surface area contributed by atoms with E-state index in [1.807, 2.05) is 13.0 Å². The van der Waals surface area contributed by atoms with Crippen molar-refractivity contribution >= 4 is 15.7 Å². The number of rotatable bonds is 7. The van der Waals surface area contributed by atoms with Crippen molar-refractivity contribution in [1.82, 2.24) is 0 Å². The summed E-state index contributed by atoms with van der Waals surface area (Å²) in [6.07, 6.45) is 0.491. The second-order valence-electron chi connectivity index (χ2n) is 4.28. The number of unbranched alkanes of at least 4 members (excludes halogenated alkanes) is 1. The number of aliphatic hydroxyl groups is 1. The molecule has 0 aromatic heterocycles. The normalized spacial score (nSPS) is 12.7. The van der Waals surface area contributed by atoms with Crippen LogP contribution in [0.5, 0.6) is 0 Å². The van der Waals surface area contributed by atoms with E-state index < -0.39 is 16.1 Å². The van der Waals surface area contributed by atoms with Crippen LogP contribution in [0.3, 0.4) is 0 Å². The summed E-state index contributed by atoms with van der Waals surface area (Å²) in [5.41, 5.74) is 0.933. The highest BCUT2D eigenvalue weighted by molar-refractivity contribution is 7.92. The van der Waals surface area contributed by atoms with E-state index in [1.54, 1.807) is 24.3 Å². The monoisotopic (exact) mass is 282 g/mol. The van der Waals surface area contributed by atoms with Gasteiger partial charge in [-0.25, -0.2) is 8.42 Å². The van der Waals surface area contributed by atoms with Crippen molar-refractivity contribution in [3.63, 3.8) is 0 Å². The van der Waals surface area contributed by atoms with E-state index in [2.05, 4.69) is 4.72 Å². The van der Waals surface area contributed by atoms with Crippen molar-refractivity contribution < 1.29 is 13.5 Å². The molecule has 0 radical (unpaired) electrons. The molecule has 0 saturated carbocycles. The highest BCUT2D eigenvalue weighted by atomic mass is 32.2. The Balaban J connectivity index is 2.80. The van der Waals surface area contributed by atoms with Crippen LogP contribution in [0.15, 0.2) is 24.3 Å². The molecule has 0 bridgehead atoms. The fourth-order valence-electron chi connectivity index (χ4n) is 1.58. The molecule has 5 nitrogen and oxygen atoms in total. The minimum absolute atomic E-state index is 0.0218. The molecule has 0 saturated heterocycles. The van der Waals surface area contributed by atoms with Gasteiger partial charge in [0.25, 0.3) is 0 Å². The summed E-state index contributed by atoms with van der Waals surface area (Å²) in [7, 11) is -3.35. The van der Waals surface area contributed by atoms with Crippen molar-refractivity contribution in [3.8, 4) is 6.07 Å². The fraction of sp³-hybridized carbons (Fsp3) is 0.462. The Hall–Kier alpha value is -1.58. The molecule has 1 aromatic carbocycles. The quantitative estimate of drug-likeness (QED) is 0.802. The SMILES string of the molecule is CCCCS(=O)(=O)Nc1cccc(C(O)CC#N)c1. The smallest absolute Gasteiger partial charge is 0.232 e. The molecule has 0 aliphatic heterocycles. The molecule has 0 heterocycles. The number of nitrogens with one attached hydrogen (secondary N) is 1. The predicted molar refractivity (Wildman–Crippen MR) is 73.9 cm³/mol. The predicted octanol–water partition coefficient (Wildman–Crippen LogP) is 2.18. The first-order chi connectivity index (χ1) is 8.98. The van der Waals surface area contributed by atoms with Gasteiger partial charge in [-0.2, -0.15) is 5.26 Å². The Morgan fingerprint density at radius 2 is 2.21 bits per heavy atom. The molecular weight excluding hydrogens is 264 g/mol. The summed E-state index contributed by atoms with van der Waals surface area (Å²) in [4.78, 5) is 0. The van der Waals surface area contributed by atoms with Gasteiger partial charge in [0, 0.05) is 5.69 Å². The van der Waals surface area contributed by atoms with Gasteiger partial charge in [-0.05, 0) is 24.1 Å². The Morgan fingerprint density at radius 3 is 2.84 bits per heavy atom. The minimum Gasteiger partial charge on any atom is -0.387 e. The van der Waals surface area contributed by atoms with Crippen molar-refractivity contribution in [3.05, 3.63) is 29.8 Å². The lowest BCUT2D eigenvalue weighted by Crippen LogP contribution is -2.16. The molecule has 0 aliphatic carbocycles. The molecule has 6 heteroatoms. The Bertz CT molecular complexity index is 549. The van der Waals surface area contributed by atoms with Crippen LogP contribution in [-0.4, -0.2) is 19.3 Å². The van der Waals surface area contributed by atoms with Crippen molar-refractivity contribution in [2.75, 3.05) is 10.5 Å². The van der Waals surface area contributed by atoms with Crippen molar-refractivity contribution in [2.45, 2.75) is 32.3 Å². The van der Waals surface area contributed by atoms with Gasteiger partial charge in [0.05, 0.1) is 24.3 Å². The molecule has 0 aliphatic rings. The summed E-state index contributed by atoms with van der Waals surface area (Å²) in [6.45, 7) is 1.92. The molecule has 0 fully saturated rings. The molecule has 19 heavy (non-hydrogen) atoms. The van der Waals surface area contributed by atoms with Gasteiger partial charge in [-0.15, -0.1) is 0 Å². The lowest BCUT2D eigenvalue weighted by Gasteiger charge is -2.11. The number of hydrogen-bond donors (Lipinski definition) is 2. The molecule has 1 unspecified atom stereocenters. The molecule has 1 atom stereocenters. The second kappa shape index (κ2) is 7.12. The molecule has 104 valence electrons. The molecule has 1 rings (SSSR count). The van der Waals surface area contributed by atoms with E-state index >= 15 is 0 Å². The largest absolute Gasteiger partial charge is 0.387 e. The maximum atomic E-state index is 11.7. The molecule has 0 amide bonds. The second-order valence-corrected chi connectivity index (χ2v) is 6.12. The van der Waals surface area contributed by atoms with Gasteiger partial charge >= 0.3 is 0 Å². The molecular formula is C13H18N2O3S. The Kier molecular flexibility index (Phi) is 5.80. The van der Waals surface area contributed by atoms with Gasteiger partial charge in [0.1, 0.15) is 0 Å². The van der Waals surface area contributed by atoms with Crippen LogP contribution in [0.25, 0.3) is 0 Å². The standard InChI is InChI=1S/C13H18N2O3S/c1-2-3-9-19(17,18)15-12-6-4-5-11(10-12)13(16)7-8-14/h4-6,10,13,15-16H,2-3,7,9H2,1H3. The van der Waals surface area contributed by atoms with Crippen molar-refractivity contribution in [1.29, 1.82) is 5.26 Å². The van der Waals surface area contributed by atoms with Crippen LogP contribution in [0.2, 0.25) is 0 Å². The van der Waals surface area contributed by atoms with E-state index in [0.717, 1.165) is 6.42 Å². The van der Waals surface area contributed by atoms with Crippen LogP contribution in [0.1, 0.15) is 37.9 Å². The zero-order chi connectivity index (χ0) is 14.3. The minimum atomic E-state index is -3.35. The molecule has 1 aromatic rings. The van der Waals surface area contributed by atoms with Crippen LogP contribution in [0, 0.1) is 11.3 Å². The lowest BCUT2D eigenvalue weighted by molar-refractivity contribution is 0.183. The van der Waals surface area contributed by atoms with E-state index in [9.17, 15) is 13.5 Å². The summed E-state index contributed by atoms with van der Waals surface area (Å²) in [5, 5.41) is 18.2. The molecule has 0 spiro atoms. The Labute approximate surface area is 113 Å². The first-order valence-corrected chi connectivity index (χ1v) is 7.79. The number of sulfonamides is 1. The summed E-state index contributed by atoms with van der Waals surface area (Å²) >= 11 is 0. The number of benzene rings is 1. The highest BCUT2D eigenvalue weighted by Gasteiger charge is 2.12. The first kappa shape index (κ1) is 15.5. The average molecular weight is 282 g/mol. The highest BCUT2D eigenvalue weighted by Crippen LogP contribution is 2.20. The topological polar surface area (TPSA) is 90.2 Å². The summed E-state index contributed by atoms with van der Waals surface area (Å²) in [6, 6.07) is 8.34. The Morgan fingerprint density at radius 1 is 1.47 bits per heavy atom. The maximum absolute atomic E-state index is 11.7. The zero-order valence-corrected chi connectivity index (χ0v) is 11.7. The van der Waals surface area contributed by atoms with Crippen LogP contribution < -0.4 is 4.72 Å². The van der Waals surface area contributed by atoms with Crippen molar-refractivity contribution in [2.24, 2.45) is 0 Å². The maximum Gasteiger partial charge on any atom is 0.232 e. The third kappa shape index (κ3) is 5.28. The van der Waals surface area contributed by atoms with Crippen LogP contribution >= 0.6 is 0 Å². The van der Waals surface area contributed by atoms with Gasteiger partial charge in [0.15, 0.2) is 0 Å². The lowest BCUT2D eigenvalue weighted by atomic mass is 10.1. The average Bonchev–Trinajstić information content (AvgIpc) is 2.36. The van der Waals surface area contributed by atoms with Gasteiger partial charge in [0.2, 0.25) is 10.0 Å². The summed E-state index contributed by atoms with van der Waals surface area (Å²) < 4.78 is 25.9. The van der Waals surface area contributed by atoms with E-state index in [4.69, 9.17) is 5.26 Å². The van der Waals surface area contributed by atoms with E-state index in [0.29, 0.717) is 17.7 Å². The summed E-state index contributed by atoms with van der Waals surface area (Å²) in [5.74, 6) is 0.0779. The van der Waals surface area contributed by atoms with Gasteiger partial charge < -0.3 is 5.11 Å². The number of hydrogen-bond acceptors (Lipinski definition) is 4. The van der Waals surface area contributed by atoms with E-state index in [1.165, 1.54) is 0 Å². The first-order valence-electron chi connectivity index (χ1n) is 6.14. The fourth-order valence-corrected chi connectivity index (χ4v) is 2.84.